The van der Waals surface area contributed by atoms with Crippen LogP contribution in [0.4, 0.5) is 0 Å². The van der Waals surface area contributed by atoms with Gasteiger partial charge in [-0.3, -0.25) is 0 Å². The largest absolute Gasteiger partial charge is 0.374 e. The Bertz CT molecular complexity index is 135. The smallest absolute Gasteiger partial charge is 0.0757 e. The lowest BCUT2D eigenvalue weighted by molar-refractivity contribution is 0.134. The Morgan fingerprint density at radius 2 is 1.33 bits per heavy atom. The summed E-state index contributed by atoms with van der Waals surface area (Å²) in [7, 11) is 0. The minimum Gasteiger partial charge on any atom is -0.374 e. The van der Waals surface area contributed by atoms with Crippen molar-refractivity contribution in [2.24, 2.45) is 0 Å². The molecular formula is C10H16O2. The van der Waals surface area contributed by atoms with Crippen LogP contribution in [-0.2, 0) is 9.47 Å². The second-order valence-electron chi connectivity index (χ2n) is 3.49. The fourth-order valence-corrected chi connectivity index (χ4v) is 1.76. The quantitative estimate of drug-likeness (QED) is 0.586. The van der Waals surface area contributed by atoms with Crippen molar-refractivity contribution >= 4 is 0 Å². The highest BCUT2D eigenvalue weighted by Gasteiger charge is 2.15. The Morgan fingerprint density at radius 3 is 1.67 bits per heavy atom. The molecule has 0 aliphatic carbocycles. The van der Waals surface area contributed by atoms with E-state index in [1.54, 1.807) is 0 Å². The summed E-state index contributed by atoms with van der Waals surface area (Å²) < 4.78 is 10.9. The molecule has 2 rings (SSSR count). The Labute approximate surface area is 73.5 Å². The van der Waals surface area contributed by atoms with Crippen molar-refractivity contribution < 1.29 is 9.47 Å². The fourth-order valence-electron chi connectivity index (χ4n) is 1.76. The van der Waals surface area contributed by atoms with E-state index in [-0.39, 0.29) is 0 Å². The maximum atomic E-state index is 5.47. The van der Waals surface area contributed by atoms with E-state index < -0.39 is 0 Å². The second-order valence-corrected chi connectivity index (χ2v) is 3.49. The first-order chi connectivity index (χ1) is 5.95. The minimum atomic E-state index is 0.370. The summed E-state index contributed by atoms with van der Waals surface area (Å²) in [5.74, 6) is 0. The molecule has 0 spiro atoms. The molecule has 0 radical (unpaired) electrons. The Kier molecular flexibility index (Phi) is 2.79. The van der Waals surface area contributed by atoms with Gasteiger partial charge in [0.2, 0.25) is 0 Å². The zero-order valence-corrected chi connectivity index (χ0v) is 7.37. The average Bonchev–Trinajstić information content (AvgIpc) is 2.74. The molecule has 0 aromatic heterocycles. The molecule has 2 heteroatoms. The molecule has 2 nitrogen and oxygen atoms in total. The molecule has 2 heterocycles. The van der Waals surface area contributed by atoms with Crippen molar-refractivity contribution in [2.45, 2.75) is 37.9 Å². The van der Waals surface area contributed by atoms with Gasteiger partial charge in [0.25, 0.3) is 0 Å². The first-order valence-corrected chi connectivity index (χ1v) is 4.87. The van der Waals surface area contributed by atoms with Crippen LogP contribution in [0.25, 0.3) is 0 Å². The zero-order valence-electron chi connectivity index (χ0n) is 7.37. The fraction of sp³-hybridized carbons (Fsp3) is 0.800. The van der Waals surface area contributed by atoms with Crippen molar-refractivity contribution in [3.63, 3.8) is 0 Å². The maximum absolute atomic E-state index is 5.47. The summed E-state index contributed by atoms with van der Waals surface area (Å²) in [5, 5.41) is 0. The summed E-state index contributed by atoms with van der Waals surface area (Å²) in [5.41, 5.74) is 0. The third-order valence-electron chi connectivity index (χ3n) is 2.47. The lowest BCUT2D eigenvalue weighted by Gasteiger charge is -2.04. The number of hydrogen-bond acceptors (Lipinski definition) is 2. The normalized spacial score (nSPS) is 36.7. The SMILES string of the molecule is C(=CC1CCCO1)C1CCCO1. The molecular weight excluding hydrogens is 152 g/mol. The van der Waals surface area contributed by atoms with E-state index in [0.29, 0.717) is 12.2 Å². The van der Waals surface area contributed by atoms with Gasteiger partial charge in [0.15, 0.2) is 0 Å². The van der Waals surface area contributed by atoms with E-state index in [0.717, 1.165) is 13.2 Å². The van der Waals surface area contributed by atoms with Crippen LogP contribution in [0.3, 0.4) is 0 Å². The van der Waals surface area contributed by atoms with Crippen LogP contribution in [-0.4, -0.2) is 25.4 Å². The number of rotatable bonds is 2. The highest BCUT2D eigenvalue weighted by molar-refractivity contribution is 4.97. The number of ether oxygens (including phenoxy) is 2. The molecule has 2 aliphatic rings. The van der Waals surface area contributed by atoms with Crippen LogP contribution in [0.5, 0.6) is 0 Å². The standard InChI is InChI=1S/C10H16O2/c1-3-9(11-7-1)5-6-10-4-2-8-12-10/h5-6,9-10H,1-4,7-8H2. The third kappa shape index (κ3) is 2.08. The van der Waals surface area contributed by atoms with Crippen LogP contribution in [0.15, 0.2) is 12.2 Å². The van der Waals surface area contributed by atoms with E-state index in [4.69, 9.17) is 9.47 Å². The molecule has 0 amide bonds. The molecule has 2 unspecified atom stereocenters. The van der Waals surface area contributed by atoms with E-state index in [1.165, 1.54) is 25.7 Å². The van der Waals surface area contributed by atoms with Crippen molar-refractivity contribution in [3.8, 4) is 0 Å². The summed E-state index contributed by atoms with van der Waals surface area (Å²) in [6, 6.07) is 0. The van der Waals surface area contributed by atoms with Crippen LogP contribution >= 0.6 is 0 Å². The predicted molar refractivity (Wildman–Crippen MR) is 47.1 cm³/mol. The topological polar surface area (TPSA) is 18.5 Å². The molecule has 2 saturated heterocycles. The zero-order chi connectivity index (χ0) is 8.23. The van der Waals surface area contributed by atoms with Gasteiger partial charge in [-0.1, -0.05) is 12.2 Å². The van der Waals surface area contributed by atoms with Gasteiger partial charge in [-0.2, -0.15) is 0 Å². The van der Waals surface area contributed by atoms with Gasteiger partial charge >= 0.3 is 0 Å². The molecule has 0 bridgehead atoms. The summed E-state index contributed by atoms with van der Waals surface area (Å²) in [4.78, 5) is 0. The van der Waals surface area contributed by atoms with Crippen molar-refractivity contribution in [1.29, 1.82) is 0 Å². The Balaban J connectivity index is 1.75. The highest BCUT2D eigenvalue weighted by atomic mass is 16.5. The van der Waals surface area contributed by atoms with E-state index in [9.17, 15) is 0 Å². The van der Waals surface area contributed by atoms with Gasteiger partial charge in [-0.05, 0) is 25.7 Å². The maximum Gasteiger partial charge on any atom is 0.0757 e. The third-order valence-corrected chi connectivity index (χ3v) is 2.47. The first-order valence-electron chi connectivity index (χ1n) is 4.87. The van der Waals surface area contributed by atoms with Gasteiger partial charge in [-0.15, -0.1) is 0 Å². The van der Waals surface area contributed by atoms with Crippen LogP contribution < -0.4 is 0 Å². The van der Waals surface area contributed by atoms with Gasteiger partial charge in [0, 0.05) is 13.2 Å². The predicted octanol–water partition coefficient (Wildman–Crippen LogP) is 1.90. The minimum absolute atomic E-state index is 0.370. The molecule has 2 fully saturated rings. The molecule has 2 aliphatic heterocycles. The molecule has 2 atom stereocenters. The molecule has 68 valence electrons. The van der Waals surface area contributed by atoms with Crippen LogP contribution in [0.1, 0.15) is 25.7 Å². The monoisotopic (exact) mass is 168 g/mol. The first kappa shape index (κ1) is 8.27. The van der Waals surface area contributed by atoms with Crippen molar-refractivity contribution in [3.05, 3.63) is 12.2 Å². The van der Waals surface area contributed by atoms with E-state index >= 15 is 0 Å². The van der Waals surface area contributed by atoms with Gasteiger partial charge in [0.05, 0.1) is 12.2 Å². The molecule has 12 heavy (non-hydrogen) atoms. The average molecular weight is 168 g/mol. The molecule has 0 saturated carbocycles. The number of hydrogen-bond donors (Lipinski definition) is 0. The second kappa shape index (κ2) is 4.06. The Hall–Kier alpha value is -0.340. The summed E-state index contributed by atoms with van der Waals surface area (Å²) >= 11 is 0. The summed E-state index contributed by atoms with van der Waals surface area (Å²) in [6.45, 7) is 1.86. The van der Waals surface area contributed by atoms with Crippen LogP contribution in [0.2, 0.25) is 0 Å². The van der Waals surface area contributed by atoms with E-state index in [1.807, 2.05) is 0 Å². The molecule has 0 aromatic rings. The summed E-state index contributed by atoms with van der Waals surface area (Å²) in [6.07, 6.45) is 9.86. The van der Waals surface area contributed by atoms with E-state index in [2.05, 4.69) is 12.2 Å². The lowest BCUT2D eigenvalue weighted by Crippen LogP contribution is -2.04. The highest BCUT2D eigenvalue weighted by Crippen LogP contribution is 2.17. The van der Waals surface area contributed by atoms with Crippen molar-refractivity contribution in [1.82, 2.24) is 0 Å². The molecule has 0 N–H and O–H groups in total. The lowest BCUT2D eigenvalue weighted by atomic mass is 10.2. The van der Waals surface area contributed by atoms with Crippen molar-refractivity contribution in [2.75, 3.05) is 13.2 Å². The van der Waals surface area contributed by atoms with Gasteiger partial charge in [0.1, 0.15) is 0 Å². The molecule has 0 aromatic carbocycles. The van der Waals surface area contributed by atoms with Gasteiger partial charge in [-0.25, -0.2) is 0 Å². The Morgan fingerprint density at radius 1 is 0.833 bits per heavy atom. The van der Waals surface area contributed by atoms with Crippen LogP contribution in [0, 0.1) is 0 Å². The van der Waals surface area contributed by atoms with Gasteiger partial charge < -0.3 is 9.47 Å².